The Morgan fingerprint density at radius 1 is 1.24 bits per heavy atom. The summed E-state index contributed by atoms with van der Waals surface area (Å²) < 4.78 is 31.9. The fourth-order valence-electron chi connectivity index (χ4n) is 2.68. The molecule has 0 aliphatic carbocycles. The molecule has 1 fully saturated rings. The van der Waals surface area contributed by atoms with Crippen LogP contribution >= 0.6 is 0 Å². The van der Waals surface area contributed by atoms with Crippen molar-refractivity contribution >= 4 is 15.8 Å². The zero-order valence-corrected chi connectivity index (χ0v) is 15.1. The number of aromatic amines is 1. The van der Waals surface area contributed by atoms with Crippen LogP contribution in [-0.4, -0.2) is 57.6 Å². The third kappa shape index (κ3) is 4.33. The van der Waals surface area contributed by atoms with Crippen LogP contribution in [0, 0.1) is 0 Å². The third-order valence-corrected chi connectivity index (χ3v) is 6.11. The van der Waals surface area contributed by atoms with Crippen molar-refractivity contribution in [3.05, 3.63) is 48.4 Å². The van der Waals surface area contributed by atoms with Gasteiger partial charge in [0.05, 0.1) is 26.8 Å². The molecule has 0 aromatic carbocycles. The number of likely N-dealkylation sites (N-methyl/N-ethyl adjacent to an activating group) is 1. The van der Waals surface area contributed by atoms with Crippen LogP contribution in [0.15, 0.2) is 47.6 Å². The van der Waals surface area contributed by atoms with E-state index in [1.807, 2.05) is 30.1 Å². The van der Waals surface area contributed by atoms with E-state index in [0.717, 1.165) is 24.5 Å². The average molecular weight is 363 g/mol. The van der Waals surface area contributed by atoms with Crippen molar-refractivity contribution in [1.29, 1.82) is 0 Å². The first kappa shape index (κ1) is 17.8. The number of nitrogens with zero attached hydrogens (tertiary/aromatic N) is 3. The number of anilines is 1. The highest BCUT2D eigenvalue weighted by Gasteiger charge is 2.27. The fraction of sp³-hybridized carbons (Fsp3) is 0.412. The summed E-state index contributed by atoms with van der Waals surface area (Å²) in [5, 5.41) is 0. The molecule has 25 heavy (non-hydrogen) atoms. The van der Waals surface area contributed by atoms with E-state index in [4.69, 9.17) is 4.74 Å². The average Bonchev–Trinajstić information content (AvgIpc) is 2.68. The number of aromatic nitrogens is 2. The van der Waals surface area contributed by atoms with Gasteiger partial charge in [0.25, 0.3) is 5.82 Å². The first-order chi connectivity index (χ1) is 12.1. The summed E-state index contributed by atoms with van der Waals surface area (Å²) in [5.74, 6) is 0.858. The molecule has 1 saturated heterocycles. The Morgan fingerprint density at radius 3 is 2.68 bits per heavy atom. The quantitative estimate of drug-likeness (QED) is 0.751. The van der Waals surface area contributed by atoms with E-state index in [9.17, 15) is 8.42 Å². The first-order valence-corrected chi connectivity index (χ1v) is 9.72. The molecule has 1 N–H and O–H groups in total. The van der Waals surface area contributed by atoms with Gasteiger partial charge in [-0.2, -0.15) is 4.31 Å². The Kier molecular flexibility index (Phi) is 5.62. The number of pyridine rings is 2. The SMILES string of the molecule is CN(CCc1ccccn1)c1ccc(S(=O)(=O)N2CCOCC2)c[nH+]1. The van der Waals surface area contributed by atoms with Crippen molar-refractivity contribution in [3.63, 3.8) is 0 Å². The summed E-state index contributed by atoms with van der Waals surface area (Å²) >= 11 is 0. The predicted molar refractivity (Wildman–Crippen MR) is 93.8 cm³/mol. The number of sulfonamides is 1. The Hall–Kier alpha value is -2.03. The smallest absolute Gasteiger partial charge is 0.274 e. The minimum absolute atomic E-state index is 0.274. The summed E-state index contributed by atoms with van der Waals surface area (Å²) in [6, 6.07) is 9.31. The minimum atomic E-state index is -3.47. The molecule has 2 aromatic heterocycles. The van der Waals surface area contributed by atoms with E-state index in [0.29, 0.717) is 26.3 Å². The van der Waals surface area contributed by atoms with Crippen LogP contribution in [0.3, 0.4) is 0 Å². The summed E-state index contributed by atoms with van der Waals surface area (Å²) in [5.41, 5.74) is 1.03. The van der Waals surface area contributed by atoms with Gasteiger partial charge < -0.3 is 4.74 Å². The van der Waals surface area contributed by atoms with E-state index in [1.54, 1.807) is 24.5 Å². The first-order valence-electron chi connectivity index (χ1n) is 8.28. The van der Waals surface area contributed by atoms with Gasteiger partial charge in [-0.1, -0.05) is 6.07 Å². The van der Waals surface area contributed by atoms with E-state index in [1.165, 1.54) is 4.31 Å². The maximum absolute atomic E-state index is 12.6. The maximum atomic E-state index is 12.6. The molecule has 0 radical (unpaired) electrons. The van der Waals surface area contributed by atoms with E-state index in [-0.39, 0.29) is 4.90 Å². The minimum Gasteiger partial charge on any atom is -0.379 e. The lowest BCUT2D eigenvalue weighted by atomic mass is 10.2. The standard InChI is InChI=1S/C17H22N4O3S/c1-20(9-7-15-4-2-3-8-18-15)17-6-5-16(14-19-17)25(22,23)21-10-12-24-13-11-21/h2-6,8,14H,7,9-13H2,1H3/p+1. The molecule has 134 valence electrons. The van der Waals surface area contributed by atoms with Gasteiger partial charge in [-0.15, -0.1) is 0 Å². The van der Waals surface area contributed by atoms with E-state index < -0.39 is 10.0 Å². The molecule has 0 bridgehead atoms. The van der Waals surface area contributed by atoms with Crippen molar-refractivity contribution in [2.24, 2.45) is 0 Å². The van der Waals surface area contributed by atoms with Crippen LogP contribution in [0.25, 0.3) is 0 Å². The van der Waals surface area contributed by atoms with Gasteiger partial charge in [0.2, 0.25) is 10.0 Å². The molecule has 8 heteroatoms. The number of nitrogens with one attached hydrogen (secondary N) is 1. The number of morpholine rings is 1. The summed E-state index contributed by atoms with van der Waals surface area (Å²) in [4.78, 5) is 9.71. The van der Waals surface area contributed by atoms with Gasteiger partial charge in [0.1, 0.15) is 11.1 Å². The largest absolute Gasteiger partial charge is 0.379 e. The van der Waals surface area contributed by atoms with Crippen molar-refractivity contribution < 1.29 is 18.1 Å². The number of rotatable bonds is 6. The van der Waals surface area contributed by atoms with Crippen LogP contribution in [0.4, 0.5) is 5.82 Å². The molecule has 3 heterocycles. The second-order valence-electron chi connectivity index (χ2n) is 5.92. The Balaban J connectivity index is 1.65. The van der Waals surface area contributed by atoms with Gasteiger partial charge in [-0.25, -0.2) is 13.4 Å². The Morgan fingerprint density at radius 2 is 2.04 bits per heavy atom. The summed E-state index contributed by atoms with van der Waals surface area (Å²) in [6.07, 6.45) is 4.16. The third-order valence-electron chi connectivity index (χ3n) is 4.22. The Labute approximate surface area is 148 Å². The van der Waals surface area contributed by atoms with Crippen molar-refractivity contribution in [2.45, 2.75) is 11.3 Å². The number of hydrogen-bond donors (Lipinski definition) is 0. The highest BCUT2D eigenvalue weighted by molar-refractivity contribution is 7.89. The zero-order chi connectivity index (χ0) is 17.7. The highest BCUT2D eigenvalue weighted by Crippen LogP contribution is 2.17. The lowest BCUT2D eigenvalue weighted by Gasteiger charge is -2.25. The summed E-state index contributed by atoms with van der Waals surface area (Å²) in [7, 11) is -1.50. The van der Waals surface area contributed by atoms with Gasteiger partial charge in [-0.3, -0.25) is 9.88 Å². The second-order valence-corrected chi connectivity index (χ2v) is 7.86. The summed E-state index contributed by atoms with van der Waals surface area (Å²) in [6.45, 7) is 2.46. The van der Waals surface area contributed by atoms with Crippen molar-refractivity contribution in [1.82, 2.24) is 9.29 Å². The molecule has 3 rings (SSSR count). The van der Waals surface area contributed by atoms with E-state index >= 15 is 0 Å². The number of H-pyrrole nitrogens is 1. The zero-order valence-electron chi connectivity index (χ0n) is 14.3. The molecule has 7 nitrogen and oxygen atoms in total. The molecule has 0 spiro atoms. The monoisotopic (exact) mass is 363 g/mol. The maximum Gasteiger partial charge on any atom is 0.274 e. The predicted octanol–water partition coefficient (Wildman–Crippen LogP) is 0.596. The van der Waals surface area contributed by atoms with Crippen LogP contribution in [0.5, 0.6) is 0 Å². The van der Waals surface area contributed by atoms with Crippen LogP contribution in [0.1, 0.15) is 5.69 Å². The fourth-order valence-corrected chi connectivity index (χ4v) is 4.06. The van der Waals surface area contributed by atoms with Crippen LogP contribution < -0.4 is 9.88 Å². The van der Waals surface area contributed by atoms with Crippen LogP contribution in [0.2, 0.25) is 0 Å². The molecule has 0 amide bonds. The highest BCUT2D eigenvalue weighted by atomic mass is 32.2. The molecule has 0 saturated carbocycles. The normalized spacial score (nSPS) is 15.9. The molecule has 0 atom stereocenters. The molecule has 1 aliphatic rings. The van der Waals surface area contributed by atoms with Crippen molar-refractivity contribution in [2.75, 3.05) is 44.8 Å². The van der Waals surface area contributed by atoms with Gasteiger partial charge in [0, 0.05) is 37.5 Å². The van der Waals surface area contributed by atoms with Crippen LogP contribution in [-0.2, 0) is 21.2 Å². The molecule has 1 aliphatic heterocycles. The molecular formula is C17H23N4O3S+. The second kappa shape index (κ2) is 7.90. The molecular weight excluding hydrogens is 340 g/mol. The molecule has 2 aromatic rings. The lowest BCUT2D eigenvalue weighted by Crippen LogP contribution is -2.41. The topological polar surface area (TPSA) is 76.9 Å². The number of hydrogen-bond acceptors (Lipinski definition) is 5. The van der Waals surface area contributed by atoms with Gasteiger partial charge in [0.15, 0.2) is 0 Å². The lowest BCUT2D eigenvalue weighted by molar-refractivity contribution is -0.367. The molecule has 0 unspecified atom stereocenters. The number of ether oxygens (including phenoxy) is 1. The Bertz CT molecular complexity index is 775. The van der Waals surface area contributed by atoms with Crippen molar-refractivity contribution in [3.8, 4) is 0 Å². The van der Waals surface area contributed by atoms with E-state index in [2.05, 4.69) is 9.97 Å². The van der Waals surface area contributed by atoms with Gasteiger partial charge >= 0.3 is 0 Å². The van der Waals surface area contributed by atoms with Gasteiger partial charge in [-0.05, 0) is 18.2 Å².